The van der Waals surface area contributed by atoms with Crippen molar-refractivity contribution >= 4 is 23.6 Å². The number of benzene rings is 1. The lowest BCUT2D eigenvalue weighted by molar-refractivity contribution is -0.137. The van der Waals surface area contributed by atoms with Gasteiger partial charge < -0.3 is 10.4 Å². The van der Waals surface area contributed by atoms with Gasteiger partial charge in [-0.2, -0.15) is 0 Å². The normalized spacial score (nSPS) is 17.6. The zero-order chi connectivity index (χ0) is 14.8. The summed E-state index contributed by atoms with van der Waals surface area (Å²) in [5, 5.41) is 11.6. The van der Waals surface area contributed by atoms with E-state index in [-0.39, 0.29) is 17.6 Å². The number of fused-ring (bicyclic) bond motifs is 1. The minimum atomic E-state index is -0.838. The third-order valence-corrected chi connectivity index (χ3v) is 4.68. The van der Waals surface area contributed by atoms with Gasteiger partial charge in [0.1, 0.15) is 0 Å². The molecule has 4 nitrogen and oxygen atoms in total. The van der Waals surface area contributed by atoms with E-state index < -0.39 is 11.5 Å². The Morgan fingerprint density at radius 1 is 1.40 bits per heavy atom. The molecule has 1 aliphatic heterocycles. The molecule has 2 N–H and O–H groups in total. The zero-order valence-electron chi connectivity index (χ0n) is 11.7. The topological polar surface area (TPSA) is 66.4 Å². The number of hydrogen-bond acceptors (Lipinski definition) is 3. The molecule has 0 aliphatic carbocycles. The summed E-state index contributed by atoms with van der Waals surface area (Å²) < 4.78 is 0. The van der Waals surface area contributed by atoms with Crippen LogP contribution in [-0.4, -0.2) is 27.8 Å². The second-order valence-corrected chi connectivity index (χ2v) is 6.93. The lowest BCUT2D eigenvalue weighted by atomic mass is 9.98. The number of hydrogen-bond donors (Lipinski definition) is 2. The van der Waals surface area contributed by atoms with E-state index in [4.69, 9.17) is 5.11 Å². The SMILES string of the molecule is CC(C)(CCC(=O)O)NC(=O)C1Cc2ccccc2S1. The molecule has 108 valence electrons. The van der Waals surface area contributed by atoms with Gasteiger partial charge in [0.05, 0.1) is 5.25 Å². The van der Waals surface area contributed by atoms with Crippen LogP contribution in [-0.2, 0) is 16.0 Å². The Kier molecular flexibility index (Phi) is 4.38. The molecule has 0 saturated carbocycles. The van der Waals surface area contributed by atoms with Gasteiger partial charge >= 0.3 is 5.97 Å². The number of carbonyl (C=O) groups excluding carboxylic acids is 1. The van der Waals surface area contributed by atoms with Gasteiger partial charge in [0.2, 0.25) is 5.91 Å². The first-order valence-corrected chi connectivity index (χ1v) is 7.54. The highest BCUT2D eigenvalue weighted by Crippen LogP contribution is 2.37. The molecule has 0 spiro atoms. The summed E-state index contributed by atoms with van der Waals surface area (Å²) in [7, 11) is 0. The molecule has 1 aliphatic rings. The van der Waals surface area contributed by atoms with Gasteiger partial charge in [0.25, 0.3) is 0 Å². The third-order valence-electron chi connectivity index (χ3n) is 3.37. The molecule has 1 heterocycles. The summed E-state index contributed by atoms with van der Waals surface area (Å²) in [6, 6.07) is 8.04. The summed E-state index contributed by atoms with van der Waals surface area (Å²) >= 11 is 1.58. The van der Waals surface area contributed by atoms with Crippen molar-refractivity contribution in [2.45, 2.75) is 48.8 Å². The van der Waals surface area contributed by atoms with Gasteiger partial charge in [-0.15, -0.1) is 11.8 Å². The highest BCUT2D eigenvalue weighted by Gasteiger charge is 2.31. The van der Waals surface area contributed by atoms with Crippen molar-refractivity contribution < 1.29 is 14.7 Å². The molecule has 1 atom stereocenters. The van der Waals surface area contributed by atoms with Gasteiger partial charge in [-0.1, -0.05) is 18.2 Å². The third kappa shape index (κ3) is 3.76. The number of rotatable bonds is 5. The van der Waals surface area contributed by atoms with Crippen molar-refractivity contribution in [3.8, 4) is 0 Å². The Morgan fingerprint density at radius 3 is 2.75 bits per heavy atom. The first kappa shape index (κ1) is 14.9. The summed E-state index contributed by atoms with van der Waals surface area (Å²) in [4.78, 5) is 24.1. The Balaban J connectivity index is 1.92. The lowest BCUT2D eigenvalue weighted by Crippen LogP contribution is -2.47. The van der Waals surface area contributed by atoms with E-state index in [0.717, 1.165) is 11.3 Å². The average molecular weight is 293 g/mol. The molecule has 1 unspecified atom stereocenters. The van der Waals surface area contributed by atoms with E-state index >= 15 is 0 Å². The summed E-state index contributed by atoms with van der Waals surface area (Å²) in [5.74, 6) is -0.850. The van der Waals surface area contributed by atoms with Gasteiger partial charge in [0.15, 0.2) is 0 Å². The van der Waals surface area contributed by atoms with Gasteiger partial charge in [0, 0.05) is 16.9 Å². The Hall–Kier alpha value is -1.49. The van der Waals surface area contributed by atoms with Crippen molar-refractivity contribution in [3.63, 3.8) is 0 Å². The molecule has 1 aromatic carbocycles. The monoisotopic (exact) mass is 293 g/mol. The second-order valence-electron chi connectivity index (χ2n) is 5.69. The van der Waals surface area contributed by atoms with Gasteiger partial charge in [-0.05, 0) is 38.3 Å². The Morgan fingerprint density at radius 2 is 2.10 bits per heavy atom. The maximum absolute atomic E-state index is 12.3. The van der Waals surface area contributed by atoms with Crippen LogP contribution >= 0.6 is 11.8 Å². The number of aliphatic carboxylic acids is 1. The van der Waals surface area contributed by atoms with Crippen molar-refractivity contribution in [1.29, 1.82) is 0 Å². The second kappa shape index (κ2) is 5.87. The molecule has 5 heteroatoms. The quantitative estimate of drug-likeness (QED) is 0.875. The largest absolute Gasteiger partial charge is 0.481 e. The minimum absolute atomic E-state index is 0.0124. The van der Waals surface area contributed by atoms with Crippen molar-refractivity contribution in [2.24, 2.45) is 0 Å². The molecule has 2 rings (SSSR count). The van der Waals surface area contributed by atoms with Crippen LogP contribution in [0, 0.1) is 0 Å². The number of nitrogens with one attached hydrogen (secondary N) is 1. The van der Waals surface area contributed by atoms with E-state index in [1.165, 1.54) is 5.56 Å². The molecule has 1 amide bonds. The number of carboxylic acid groups (broad SMARTS) is 1. The Labute approximate surface area is 123 Å². The van der Waals surface area contributed by atoms with Crippen molar-refractivity contribution in [1.82, 2.24) is 5.32 Å². The first-order chi connectivity index (χ1) is 9.37. The first-order valence-electron chi connectivity index (χ1n) is 6.66. The van der Waals surface area contributed by atoms with Crippen LogP contribution in [0.15, 0.2) is 29.2 Å². The molecular formula is C15H19NO3S. The fraction of sp³-hybridized carbons (Fsp3) is 0.467. The zero-order valence-corrected chi connectivity index (χ0v) is 12.5. The van der Waals surface area contributed by atoms with E-state index in [1.54, 1.807) is 11.8 Å². The summed E-state index contributed by atoms with van der Waals surface area (Å²) in [6.45, 7) is 3.72. The molecule has 0 saturated heterocycles. The lowest BCUT2D eigenvalue weighted by Gasteiger charge is -2.27. The van der Waals surface area contributed by atoms with Crippen LogP contribution in [0.3, 0.4) is 0 Å². The maximum Gasteiger partial charge on any atom is 0.303 e. The molecule has 0 bridgehead atoms. The van der Waals surface area contributed by atoms with Crippen LogP contribution in [0.4, 0.5) is 0 Å². The molecular weight excluding hydrogens is 274 g/mol. The highest BCUT2D eigenvalue weighted by atomic mass is 32.2. The predicted octanol–water partition coefficient (Wildman–Crippen LogP) is 2.46. The van der Waals surface area contributed by atoms with E-state index in [2.05, 4.69) is 5.32 Å². The molecule has 0 fully saturated rings. The van der Waals surface area contributed by atoms with E-state index in [0.29, 0.717) is 6.42 Å². The predicted molar refractivity (Wildman–Crippen MR) is 78.9 cm³/mol. The fourth-order valence-corrected chi connectivity index (χ4v) is 3.42. The van der Waals surface area contributed by atoms with Crippen LogP contribution in [0.2, 0.25) is 0 Å². The molecule has 0 radical (unpaired) electrons. The molecule has 1 aromatic rings. The fourth-order valence-electron chi connectivity index (χ4n) is 2.22. The standard InChI is InChI=1S/C15H19NO3S/c1-15(2,8-7-13(17)18)16-14(19)12-9-10-5-3-4-6-11(10)20-12/h3-6,12H,7-9H2,1-2H3,(H,16,19)(H,17,18). The molecule has 20 heavy (non-hydrogen) atoms. The van der Waals surface area contributed by atoms with Crippen LogP contribution < -0.4 is 5.32 Å². The average Bonchev–Trinajstić information content (AvgIpc) is 2.80. The minimum Gasteiger partial charge on any atom is -0.481 e. The van der Waals surface area contributed by atoms with Gasteiger partial charge in [-0.3, -0.25) is 9.59 Å². The van der Waals surface area contributed by atoms with Crippen LogP contribution in [0.5, 0.6) is 0 Å². The maximum atomic E-state index is 12.3. The highest BCUT2D eigenvalue weighted by molar-refractivity contribution is 8.01. The number of carbonyl (C=O) groups is 2. The summed E-state index contributed by atoms with van der Waals surface area (Å²) in [6.07, 6.45) is 1.23. The van der Waals surface area contributed by atoms with E-state index in [1.807, 2.05) is 38.1 Å². The van der Waals surface area contributed by atoms with Crippen molar-refractivity contribution in [3.05, 3.63) is 29.8 Å². The smallest absolute Gasteiger partial charge is 0.303 e. The van der Waals surface area contributed by atoms with Crippen LogP contribution in [0.1, 0.15) is 32.3 Å². The number of carboxylic acids is 1. The number of thioether (sulfide) groups is 1. The molecule has 0 aromatic heterocycles. The van der Waals surface area contributed by atoms with Crippen molar-refractivity contribution in [2.75, 3.05) is 0 Å². The van der Waals surface area contributed by atoms with Crippen LogP contribution in [0.25, 0.3) is 0 Å². The van der Waals surface area contributed by atoms with E-state index in [9.17, 15) is 9.59 Å². The van der Waals surface area contributed by atoms with Gasteiger partial charge in [-0.25, -0.2) is 0 Å². The number of amides is 1. The Bertz CT molecular complexity index is 503. The summed E-state index contributed by atoms with van der Waals surface area (Å²) in [5.41, 5.74) is 0.714.